The Bertz CT molecular complexity index is 450. The normalized spacial score (nSPS) is 10.9. The first-order valence-corrected chi connectivity index (χ1v) is 6.16. The summed E-state index contributed by atoms with van der Waals surface area (Å²) in [5, 5.41) is 1.17. The van der Waals surface area contributed by atoms with Crippen LogP contribution in [-0.2, 0) is 0 Å². The lowest BCUT2D eigenvalue weighted by molar-refractivity contribution is 1.65. The van der Waals surface area contributed by atoms with E-state index in [1.54, 1.807) is 23.1 Å². The van der Waals surface area contributed by atoms with E-state index in [0.717, 1.165) is 14.9 Å². The molecule has 0 aliphatic heterocycles. The number of halogens is 1. The highest BCUT2D eigenvalue weighted by Crippen LogP contribution is 2.41. The van der Waals surface area contributed by atoms with E-state index in [1.807, 2.05) is 24.5 Å². The van der Waals surface area contributed by atoms with Gasteiger partial charge in [0.15, 0.2) is 0 Å². The minimum Gasteiger partial charge on any atom is -0.399 e. The van der Waals surface area contributed by atoms with E-state index in [1.165, 1.54) is 10.1 Å². The smallest absolute Gasteiger partial charge is 0.108 e. The summed E-state index contributed by atoms with van der Waals surface area (Å²) in [4.78, 5) is 1.13. The summed E-state index contributed by atoms with van der Waals surface area (Å²) in [5.74, 6) is 0. The maximum absolute atomic E-state index is 6.08. The molecule has 1 nitrogen and oxygen atoms in total. The molecule has 2 N–H and O–H groups in total. The Morgan fingerprint density at radius 2 is 2.23 bits per heavy atom. The number of anilines is 1. The summed E-state index contributed by atoms with van der Waals surface area (Å²) >= 11 is 9.34. The summed E-state index contributed by atoms with van der Waals surface area (Å²) in [5.41, 5.74) is 6.50. The van der Waals surface area contributed by atoms with Gasteiger partial charge in [0.1, 0.15) is 4.34 Å². The second-order valence-electron chi connectivity index (χ2n) is 2.66. The molecule has 0 saturated heterocycles. The third-order valence-corrected chi connectivity index (χ3v) is 4.28. The van der Waals surface area contributed by atoms with Crippen LogP contribution < -0.4 is 5.73 Å². The van der Waals surface area contributed by atoms with Crippen molar-refractivity contribution >= 4 is 50.5 Å². The summed E-state index contributed by atoms with van der Waals surface area (Å²) in [6.45, 7) is 0. The van der Waals surface area contributed by atoms with Gasteiger partial charge in [0.2, 0.25) is 0 Å². The first-order chi connectivity index (χ1) is 6.22. The number of thioether (sulfide) groups is 1. The summed E-state index contributed by atoms with van der Waals surface area (Å²) in [6.07, 6.45) is 2.02. The molecular weight excluding hydrogens is 222 g/mol. The minimum absolute atomic E-state index is 0.789. The maximum atomic E-state index is 6.08. The predicted molar refractivity (Wildman–Crippen MR) is 63.0 cm³/mol. The van der Waals surface area contributed by atoms with Gasteiger partial charge in [-0.05, 0) is 24.5 Å². The van der Waals surface area contributed by atoms with Gasteiger partial charge in [-0.25, -0.2) is 0 Å². The first kappa shape index (κ1) is 9.19. The Morgan fingerprint density at radius 1 is 1.46 bits per heavy atom. The van der Waals surface area contributed by atoms with Crippen LogP contribution in [-0.4, -0.2) is 6.26 Å². The number of nitrogen functional groups attached to an aromatic ring is 1. The van der Waals surface area contributed by atoms with Crippen molar-refractivity contribution in [3.8, 4) is 0 Å². The molecule has 68 valence electrons. The number of benzene rings is 1. The lowest BCUT2D eigenvalue weighted by atomic mass is 10.2. The van der Waals surface area contributed by atoms with Crippen molar-refractivity contribution in [2.75, 3.05) is 12.0 Å². The molecule has 0 amide bonds. The molecule has 1 aromatic carbocycles. The van der Waals surface area contributed by atoms with Crippen molar-refractivity contribution in [3.63, 3.8) is 0 Å². The third-order valence-electron chi connectivity index (χ3n) is 1.83. The van der Waals surface area contributed by atoms with Gasteiger partial charge in [-0.1, -0.05) is 11.6 Å². The number of rotatable bonds is 1. The molecule has 0 aliphatic carbocycles. The summed E-state index contributed by atoms with van der Waals surface area (Å²) < 4.78 is 2.05. The van der Waals surface area contributed by atoms with Crippen molar-refractivity contribution in [1.29, 1.82) is 0 Å². The fourth-order valence-corrected chi connectivity index (χ4v) is 3.63. The van der Waals surface area contributed by atoms with E-state index in [4.69, 9.17) is 17.3 Å². The van der Waals surface area contributed by atoms with Crippen LogP contribution in [0.4, 0.5) is 5.69 Å². The molecule has 4 heteroatoms. The lowest BCUT2D eigenvalue weighted by Gasteiger charge is -1.95. The van der Waals surface area contributed by atoms with E-state index >= 15 is 0 Å². The minimum atomic E-state index is 0.789. The van der Waals surface area contributed by atoms with Crippen LogP contribution in [0.15, 0.2) is 23.1 Å². The van der Waals surface area contributed by atoms with E-state index < -0.39 is 0 Å². The highest BCUT2D eigenvalue weighted by molar-refractivity contribution is 7.99. The van der Waals surface area contributed by atoms with Crippen LogP contribution in [0.1, 0.15) is 0 Å². The molecule has 0 saturated carbocycles. The Hall–Kier alpha value is -0.380. The molecule has 0 atom stereocenters. The van der Waals surface area contributed by atoms with E-state index in [-0.39, 0.29) is 0 Å². The Morgan fingerprint density at radius 3 is 2.92 bits per heavy atom. The van der Waals surface area contributed by atoms with Gasteiger partial charge in [0.25, 0.3) is 0 Å². The maximum Gasteiger partial charge on any atom is 0.108 e. The third kappa shape index (κ3) is 1.52. The summed E-state index contributed by atoms with van der Waals surface area (Å²) in [6, 6.07) is 5.89. The molecule has 0 spiro atoms. The molecule has 2 rings (SSSR count). The highest BCUT2D eigenvalue weighted by atomic mass is 35.5. The zero-order valence-corrected chi connectivity index (χ0v) is 9.39. The van der Waals surface area contributed by atoms with E-state index in [2.05, 4.69) is 0 Å². The first-order valence-electron chi connectivity index (χ1n) is 3.74. The van der Waals surface area contributed by atoms with Crippen LogP contribution in [0, 0.1) is 0 Å². The highest BCUT2D eigenvalue weighted by Gasteiger charge is 2.08. The van der Waals surface area contributed by atoms with Crippen LogP contribution >= 0.6 is 34.7 Å². The lowest BCUT2D eigenvalue weighted by Crippen LogP contribution is -1.81. The van der Waals surface area contributed by atoms with Crippen LogP contribution in [0.3, 0.4) is 0 Å². The van der Waals surface area contributed by atoms with Crippen LogP contribution in [0.2, 0.25) is 4.34 Å². The topological polar surface area (TPSA) is 26.0 Å². The number of fused-ring (bicyclic) bond motifs is 1. The number of thiophene rings is 1. The van der Waals surface area contributed by atoms with E-state index in [9.17, 15) is 0 Å². The van der Waals surface area contributed by atoms with Gasteiger partial charge in [-0.3, -0.25) is 0 Å². The fourth-order valence-electron chi connectivity index (χ4n) is 1.25. The molecule has 0 unspecified atom stereocenters. The fraction of sp³-hybridized carbons (Fsp3) is 0.111. The van der Waals surface area contributed by atoms with Crippen LogP contribution in [0.25, 0.3) is 10.1 Å². The van der Waals surface area contributed by atoms with Gasteiger partial charge in [0.05, 0.1) is 0 Å². The van der Waals surface area contributed by atoms with Crippen molar-refractivity contribution in [1.82, 2.24) is 0 Å². The molecule has 0 bridgehead atoms. The van der Waals surface area contributed by atoms with Crippen molar-refractivity contribution in [2.45, 2.75) is 4.90 Å². The van der Waals surface area contributed by atoms with Gasteiger partial charge in [-0.15, -0.1) is 23.1 Å². The Labute approximate surface area is 89.9 Å². The number of hydrogen-bond donors (Lipinski definition) is 1. The van der Waals surface area contributed by atoms with Gasteiger partial charge in [-0.2, -0.15) is 0 Å². The SMILES string of the molecule is CSc1c(Cl)sc2ccc(N)cc12. The second-order valence-corrected chi connectivity index (χ2v) is 5.14. The average molecular weight is 230 g/mol. The molecule has 2 aromatic rings. The van der Waals surface area contributed by atoms with Crippen LogP contribution in [0.5, 0.6) is 0 Å². The van der Waals surface area contributed by atoms with Gasteiger partial charge >= 0.3 is 0 Å². The molecule has 0 aliphatic rings. The predicted octanol–water partition coefficient (Wildman–Crippen LogP) is 3.86. The monoisotopic (exact) mass is 229 g/mol. The van der Waals surface area contributed by atoms with Gasteiger partial charge in [0, 0.05) is 20.7 Å². The van der Waals surface area contributed by atoms with Crippen molar-refractivity contribution < 1.29 is 0 Å². The molecule has 0 radical (unpaired) electrons. The van der Waals surface area contributed by atoms with Crippen molar-refractivity contribution in [2.24, 2.45) is 0 Å². The largest absolute Gasteiger partial charge is 0.399 e. The molecule has 1 heterocycles. The van der Waals surface area contributed by atoms with E-state index in [0.29, 0.717) is 0 Å². The quantitative estimate of drug-likeness (QED) is 0.594. The number of hydrogen-bond acceptors (Lipinski definition) is 3. The second kappa shape index (κ2) is 3.40. The summed E-state index contributed by atoms with van der Waals surface area (Å²) in [7, 11) is 0. The standard InChI is InChI=1S/C9H8ClNS2/c1-12-8-6-4-5(11)2-3-7(6)13-9(8)10/h2-4H,11H2,1H3. The molecular formula is C9H8ClNS2. The van der Waals surface area contributed by atoms with Gasteiger partial charge < -0.3 is 5.73 Å². The molecule has 1 aromatic heterocycles. The number of nitrogens with two attached hydrogens (primary N) is 1. The molecule has 13 heavy (non-hydrogen) atoms. The van der Waals surface area contributed by atoms with Crippen molar-refractivity contribution in [3.05, 3.63) is 22.5 Å². The Balaban J connectivity index is 2.80. The zero-order valence-electron chi connectivity index (χ0n) is 7.00. The average Bonchev–Trinajstić information content (AvgIpc) is 2.40. The molecule has 0 fully saturated rings. The zero-order chi connectivity index (χ0) is 9.42. The Kier molecular flexibility index (Phi) is 2.41.